The Hall–Kier alpha value is -2.02. The Morgan fingerprint density at radius 1 is 1.48 bits per heavy atom. The van der Waals surface area contributed by atoms with E-state index >= 15 is 0 Å². The first-order valence-electron chi connectivity index (χ1n) is 6.89. The van der Waals surface area contributed by atoms with Gasteiger partial charge in [0.1, 0.15) is 11.6 Å². The van der Waals surface area contributed by atoms with Crippen LogP contribution in [0.2, 0.25) is 0 Å². The summed E-state index contributed by atoms with van der Waals surface area (Å²) in [6.45, 7) is 5.04. The van der Waals surface area contributed by atoms with Crippen molar-refractivity contribution in [2.45, 2.75) is 26.2 Å². The van der Waals surface area contributed by atoms with Crippen molar-refractivity contribution in [2.24, 2.45) is 0 Å². The first-order valence-corrected chi connectivity index (χ1v) is 7.77. The van der Waals surface area contributed by atoms with Crippen LogP contribution in [0.3, 0.4) is 0 Å². The van der Waals surface area contributed by atoms with Crippen molar-refractivity contribution in [3.63, 3.8) is 0 Å². The molecule has 110 valence electrons. The van der Waals surface area contributed by atoms with Crippen molar-refractivity contribution < 1.29 is 4.79 Å². The van der Waals surface area contributed by atoms with Gasteiger partial charge in [0.2, 0.25) is 5.91 Å². The van der Waals surface area contributed by atoms with Crippen molar-refractivity contribution in [2.75, 3.05) is 18.4 Å². The Bertz CT molecular complexity index is 643. The summed E-state index contributed by atoms with van der Waals surface area (Å²) in [5.41, 5.74) is 0.991. The molecule has 3 heterocycles. The summed E-state index contributed by atoms with van der Waals surface area (Å²) in [7, 11) is 0. The highest BCUT2D eigenvalue weighted by Gasteiger charge is 2.27. The van der Waals surface area contributed by atoms with Crippen molar-refractivity contribution in [3.05, 3.63) is 29.2 Å². The largest absolute Gasteiger partial charge is 0.342 e. The number of nitrogens with zero attached hydrogens (tertiary/aromatic N) is 4. The molecule has 21 heavy (non-hydrogen) atoms. The van der Waals surface area contributed by atoms with Crippen LogP contribution in [-0.4, -0.2) is 38.8 Å². The van der Waals surface area contributed by atoms with E-state index in [0.717, 1.165) is 42.0 Å². The van der Waals surface area contributed by atoms with Crippen LogP contribution >= 0.6 is 11.3 Å². The number of likely N-dealkylation sites (tertiary alicyclic amines) is 1. The molecule has 1 aliphatic heterocycles. The zero-order chi connectivity index (χ0) is 14.8. The standard InChI is InChI=1S/C14H17N5OS/c1-9-16-12(11-3-5-19(8-11)10(2)20)7-13(17-9)18-14-15-4-6-21-14/h4,6-7,11H,3,5,8H2,1-2H3,(H,15,16,17,18)/t11-/m1/s1. The number of carbonyl (C=O) groups excluding carboxylic acids is 1. The first kappa shape index (κ1) is 13.9. The van der Waals surface area contributed by atoms with Gasteiger partial charge in [-0.3, -0.25) is 4.79 Å². The van der Waals surface area contributed by atoms with E-state index in [9.17, 15) is 4.79 Å². The number of aryl methyl sites for hydroxylation is 1. The molecule has 1 amide bonds. The summed E-state index contributed by atoms with van der Waals surface area (Å²) in [6.07, 6.45) is 2.70. The first-order chi connectivity index (χ1) is 10.1. The molecule has 1 atom stereocenters. The Balaban J connectivity index is 1.80. The smallest absolute Gasteiger partial charge is 0.219 e. The lowest BCUT2D eigenvalue weighted by Gasteiger charge is -2.14. The van der Waals surface area contributed by atoms with Gasteiger partial charge in [-0.05, 0) is 13.3 Å². The molecule has 1 aliphatic rings. The minimum atomic E-state index is 0.129. The average Bonchev–Trinajstić information content (AvgIpc) is 3.08. The molecule has 6 nitrogen and oxygen atoms in total. The molecule has 1 N–H and O–H groups in total. The summed E-state index contributed by atoms with van der Waals surface area (Å²) < 4.78 is 0. The Kier molecular flexibility index (Phi) is 3.83. The maximum Gasteiger partial charge on any atom is 0.219 e. The number of carbonyl (C=O) groups is 1. The van der Waals surface area contributed by atoms with Crippen molar-refractivity contribution >= 4 is 28.2 Å². The zero-order valence-corrected chi connectivity index (χ0v) is 12.9. The van der Waals surface area contributed by atoms with Crippen molar-refractivity contribution in [1.82, 2.24) is 19.9 Å². The lowest BCUT2D eigenvalue weighted by Crippen LogP contribution is -2.25. The second-order valence-corrected chi connectivity index (χ2v) is 6.03. The third kappa shape index (κ3) is 3.18. The van der Waals surface area contributed by atoms with E-state index in [1.807, 2.05) is 23.3 Å². The van der Waals surface area contributed by atoms with Crippen LogP contribution in [0, 0.1) is 6.92 Å². The van der Waals surface area contributed by atoms with Gasteiger partial charge in [0, 0.05) is 43.6 Å². The minimum Gasteiger partial charge on any atom is -0.342 e. The van der Waals surface area contributed by atoms with Gasteiger partial charge >= 0.3 is 0 Å². The molecular formula is C14H17N5OS. The normalized spacial score (nSPS) is 18.0. The fourth-order valence-electron chi connectivity index (χ4n) is 2.55. The molecular weight excluding hydrogens is 286 g/mol. The highest BCUT2D eigenvalue weighted by Crippen LogP contribution is 2.28. The number of amides is 1. The van der Waals surface area contributed by atoms with Crippen molar-refractivity contribution in [1.29, 1.82) is 0 Å². The van der Waals surface area contributed by atoms with Crippen LogP contribution in [0.4, 0.5) is 10.9 Å². The van der Waals surface area contributed by atoms with Crippen LogP contribution in [0.5, 0.6) is 0 Å². The Labute approximate surface area is 127 Å². The predicted octanol–water partition coefficient (Wildman–Crippen LogP) is 2.32. The number of thiazole rings is 1. The van der Waals surface area contributed by atoms with Gasteiger partial charge in [-0.25, -0.2) is 15.0 Å². The molecule has 0 spiro atoms. The van der Waals surface area contributed by atoms with Crippen LogP contribution in [-0.2, 0) is 4.79 Å². The SMILES string of the molecule is CC(=O)N1CC[C@@H](c2cc(Nc3nccs3)nc(C)n2)C1. The molecule has 0 unspecified atom stereocenters. The van der Waals surface area contributed by atoms with E-state index in [1.54, 1.807) is 13.1 Å². The van der Waals surface area contributed by atoms with Gasteiger partial charge in [-0.1, -0.05) is 0 Å². The molecule has 0 bridgehead atoms. The molecule has 3 rings (SSSR count). The minimum absolute atomic E-state index is 0.129. The van der Waals surface area contributed by atoms with Crippen LogP contribution in [0.1, 0.15) is 30.8 Å². The maximum atomic E-state index is 11.4. The summed E-state index contributed by atoms with van der Waals surface area (Å²) >= 11 is 1.53. The van der Waals surface area contributed by atoms with E-state index in [-0.39, 0.29) is 11.8 Å². The van der Waals surface area contributed by atoms with E-state index in [2.05, 4.69) is 20.3 Å². The summed E-state index contributed by atoms with van der Waals surface area (Å²) in [4.78, 5) is 26.4. The Morgan fingerprint density at radius 3 is 3.00 bits per heavy atom. The average molecular weight is 303 g/mol. The highest BCUT2D eigenvalue weighted by molar-refractivity contribution is 7.13. The topological polar surface area (TPSA) is 71.0 Å². The lowest BCUT2D eigenvalue weighted by molar-refractivity contribution is -0.127. The number of rotatable bonds is 3. The van der Waals surface area contributed by atoms with Gasteiger partial charge in [0.05, 0.1) is 5.69 Å². The molecule has 2 aromatic rings. The van der Waals surface area contributed by atoms with Crippen molar-refractivity contribution in [3.8, 4) is 0 Å². The van der Waals surface area contributed by atoms with E-state index in [0.29, 0.717) is 0 Å². The molecule has 2 aromatic heterocycles. The summed E-state index contributed by atoms with van der Waals surface area (Å²) in [6, 6.07) is 1.96. The molecule has 0 saturated carbocycles. The lowest BCUT2D eigenvalue weighted by atomic mass is 10.0. The van der Waals surface area contributed by atoms with Crippen LogP contribution < -0.4 is 5.32 Å². The highest BCUT2D eigenvalue weighted by atomic mass is 32.1. The molecule has 0 radical (unpaired) electrons. The molecule has 1 saturated heterocycles. The number of anilines is 2. The van der Waals surface area contributed by atoms with Gasteiger partial charge in [-0.2, -0.15) is 0 Å². The van der Waals surface area contributed by atoms with E-state index in [4.69, 9.17) is 0 Å². The molecule has 0 aliphatic carbocycles. The monoisotopic (exact) mass is 303 g/mol. The summed E-state index contributed by atoms with van der Waals surface area (Å²) in [5.74, 6) is 1.90. The van der Waals surface area contributed by atoms with Gasteiger partial charge in [-0.15, -0.1) is 11.3 Å². The van der Waals surface area contributed by atoms with Gasteiger partial charge < -0.3 is 10.2 Å². The molecule has 1 fully saturated rings. The van der Waals surface area contributed by atoms with Crippen LogP contribution in [0.25, 0.3) is 0 Å². The number of aromatic nitrogens is 3. The third-order valence-electron chi connectivity index (χ3n) is 3.58. The van der Waals surface area contributed by atoms with E-state index < -0.39 is 0 Å². The fraction of sp³-hybridized carbons (Fsp3) is 0.429. The third-order valence-corrected chi connectivity index (χ3v) is 4.27. The second kappa shape index (κ2) is 5.77. The summed E-state index contributed by atoms with van der Waals surface area (Å²) in [5, 5.41) is 5.93. The number of hydrogen-bond acceptors (Lipinski definition) is 6. The molecule has 0 aromatic carbocycles. The van der Waals surface area contributed by atoms with E-state index in [1.165, 1.54) is 11.3 Å². The number of nitrogens with one attached hydrogen (secondary N) is 1. The number of hydrogen-bond donors (Lipinski definition) is 1. The van der Waals surface area contributed by atoms with Crippen LogP contribution in [0.15, 0.2) is 17.6 Å². The predicted molar refractivity (Wildman–Crippen MR) is 81.8 cm³/mol. The molecule has 7 heteroatoms. The Morgan fingerprint density at radius 2 is 2.33 bits per heavy atom. The van der Waals surface area contributed by atoms with Gasteiger partial charge in [0.25, 0.3) is 0 Å². The maximum absolute atomic E-state index is 11.4. The quantitative estimate of drug-likeness (QED) is 0.942. The fourth-order valence-corrected chi connectivity index (χ4v) is 3.08. The second-order valence-electron chi connectivity index (χ2n) is 5.14. The van der Waals surface area contributed by atoms with Gasteiger partial charge in [0.15, 0.2) is 5.13 Å². The zero-order valence-electron chi connectivity index (χ0n) is 12.0.